The SMILES string of the molecule is O=C(O)COC1CCN(C(=O)C2CC(c3ccc(C=NN4CCSCC4)cc3)=NO2)CC1. The molecule has 2 saturated heterocycles. The fraction of sp³-hybridized carbons (Fsp3) is 0.545. The van der Waals surface area contributed by atoms with Crippen molar-refractivity contribution < 1.29 is 24.3 Å². The van der Waals surface area contributed by atoms with Crippen LogP contribution < -0.4 is 0 Å². The highest BCUT2D eigenvalue weighted by atomic mass is 32.2. The number of hydrazone groups is 1. The lowest BCUT2D eigenvalue weighted by molar-refractivity contribution is -0.149. The van der Waals surface area contributed by atoms with Gasteiger partial charge in [0.05, 0.1) is 18.0 Å². The Morgan fingerprint density at radius 1 is 1.19 bits per heavy atom. The van der Waals surface area contributed by atoms with Crippen LogP contribution in [0.5, 0.6) is 0 Å². The van der Waals surface area contributed by atoms with Crippen molar-refractivity contribution in [2.75, 3.05) is 44.3 Å². The molecule has 172 valence electrons. The molecule has 3 aliphatic rings. The van der Waals surface area contributed by atoms with E-state index in [9.17, 15) is 9.59 Å². The summed E-state index contributed by atoms with van der Waals surface area (Å²) in [7, 11) is 0. The quantitative estimate of drug-likeness (QED) is 0.617. The van der Waals surface area contributed by atoms with Gasteiger partial charge in [0.2, 0.25) is 6.10 Å². The van der Waals surface area contributed by atoms with Crippen LogP contribution in [-0.4, -0.2) is 95.3 Å². The fourth-order valence-electron chi connectivity index (χ4n) is 3.90. The van der Waals surface area contributed by atoms with E-state index in [1.54, 1.807) is 4.90 Å². The van der Waals surface area contributed by atoms with Gasteiger partial charge in [-0.2, -0.15) is 16.9 Å². The molecule has 10 heteroatoms. The molecule has 9 nitrogen and oxygen atoms in total. The van der Waals surface area contributed by atoms with Gasteiger partial charge in [-0.05, 0) is 24.0 Å². The van der Waals surface area contributed by atoms with E-state index in [-0.39, 0.29) is 18.6 Å². The van der Waals surface area contributed by atoms with Gasteiger partial charge in [0, 0.05) is 44.1 Å². The van der Waals surface area contributed by atoms with E-state index >= 15 is 0 Å². The van der Waals surface area contributed by atoms with E-state index < -0.39 is 12.1 Å². The number of piperidine rings is 1. The Bertz CT molecular complexity index is 862. The molecule has 0 aromatic heterocycles. The Labute approximate surface area is 191 Å². The molecule has 0 aliphatic carbocycles. The average Bonchev–Trinajstić information content (AvgIpc) is 3.33. The van der Waals surface area contributed by atoms with Gasteiger partial charge in [0.25, 0.3) is 5.91 Å². The summed E-state index contributed by atoms with van der Waals surface area (Å²) in [5.41, 5.74) is 2.72. The van der Waals surface area contributed by atoms with Crippen molar-refractivity contribution in [2.45, 2.75) is 31.5 Å². The smallest absolute Gasteiger partial charge is 0.329 e. The van der Waals surface area contributed by atoms with E-state index in [4.69, 9.17) is 14.7 Å². The van der Waals surface area contributed by atoms with E-state index in [1.165, 1.54) is 0 Å². The number of carboxylic acid groups (broad SMARTS) is 1. The zero-order valence-electron chi connectivity index (χ0n) is 17.9. The Balaban J connectivity index is 1.24. The average molecular weight is 461 g/mol. The maximum Gasteiger partial charge on any atom is 0.329 e. The first kappa shape index (κ1) is 22.6. The highest BCUT2D eigenvalue weighted by Gasteiger charge is 2.34. The molecule has 0 saturated carbocycles. The molecule has 0 radical (unpaired) electrons. The lowest BCUT2D eigenvalue weighted by Gasteiger charge is -2.32. The number of oxime groups is 1. The largest absolute Gasteiger partial charge is 0.480 e. The summed E-state index contributed by atoms with van der Waals surface area (Å²) in [6, 6.07) is 7.95. The standard InChI is InChI=1S/C22H28N4O5S/c27-21(28)15-30-18-5-7-25(8-6-18)22(29)20-13-19(24-31-20)17-3-1-16(2-4-17)14-23-26-9-11-32-12-10-26/h1-4,14,18,20H,5-13,15H2,(H,27,28). The van der Waals surface area contributed by atoms with E-state index in [1.807, 2.05) is 42.2 Å². The Morgan fingerprint density at radius 3 is 2.59 bits per heavy atom. The molecular weight excluding hydrogens is 432 g/mol. The van der Waals surface area contributed by atoms with Gasteiger partial charge in [-0.1, -0.05) is 29.4 Å². The van der Waals surface area contributed by atoms with Gasteiger partial charge in [-0.15, -0.1) is 0 Å². The maximum atomic E-state index is 12.8. The molecular formula is C22H28N4O5S. The molecule has 3 heterocycles. The number of nitrogens with zero attached hydrogens (tertiary/aromatic N) is 4. The van der Waals surface area contributed by atoms with Crippen molar-refractivity contribution in [1.82, 2.24) is 9.91 Å². The predicted molar refractivity (Wildman–Crippen MR) is 122 cm³/mol. The number of amides is 1. The number of carbonyl (C=O) groups is 2. The summed E-state index contributed by atoms with van der Waals surface area (Å²) in [5.74, 6) is 1.18. The number of likely N-dealkylation sites (tertiary alicyclic amines) is 1. The van der Waals surface area contributed by atoms with Crippen molar-refractivity contribution in [2.24, 2.45) is 10.3 Å². The number of benzene rings is 1. The third-order valence-electron chi connectivity index (χ3n) is 5.74. The van der Waals surface area contributed by atoms with Gasteiger partial charge in [0.1, 0.15) is 6.61 Å². The topological polar surface area (TPSA) is 104 Å². The number of rotatable bonds is 7. The minimum atomic E-state index is -0.978. The summed E-state index contributed by atoms with van der Waals surface area (Å²) < 4.78 is 5.33. The van der Waals surface area contributed by atoms with Gasteiger partial charge in [0.15, 0.2) is 0 Å². The zero-order chi connectivity index (χ0) is 22.3. The van der Waals surface area contributed by atoms with Crippen LogP contribution in [0.1, 0.15) is 30.4 Å². The van der Waals surface area contributed by atoms with Crippen LogP contribution in [0, 0.1) is 0 Å². The fourth-order valence-corrected chi connectivity index (χ4v) is 4.78. The summed E-state index contributed by atoms with van der Waals surface area (Å²) in [6.45, 7) is 2.72. The minimum Gasteiger partial charge on any atom is -0.480 e. The van der Waals surface area contributed by atoms with Crippen LogP contribution in [0.2, 0.25) is 0 Å². The minimum absolute atomic E-state index is 0.0797. The lowest BCUT2D eigenvalue weighted by Crippen LogP contribution is -2.45. The molecule has 1 atom stereocenters. The van der Waals surface area contributed by atoms with Crippen molar-refractivity contribution in [3.8, 4) is 0 Å². The third-order valence-corrected chi connectivity index (χ3v) is 6.68. The molecule has 1 unspecified atom stereocenters. The molecule has 32 heavy (non-hydrogen) atoms. The van der Waals surface area contributed by atoms with Crippen molar-refractivity contribution in [3.05, 3.63) is 35.4 Å². The summed E-state index contributed by atoms with van der Waals surface area (Å²) in [6.07, 6.45) is 2.83. The Hall–Kier alpha value is -2.59. The molecule has 1 aromatic rings. The number of thioether (sulfide) groups is 1. The summed E-state index contributed by atoms with van der Waals surface area (Å²) in [5, 5.41) is 19.5. The van der Waals surface area contributed by atoms with E-state index in [0.29, 0.717) is 32.4 Å². The normalized spacial score (nSPS) is 22.1. The van der Waals surface area contributed by atoms with Gasteiger partial charge < -0.3 is 19.6 Å². The summed E-state index contributed by atoms with van der Waals surface area (Å²) in [4.78, 5) is 30.6. The van der Waals surface area contributed by atoms with Crippen LogP contribution in [0.3, 0.4) is 0 Å². The first-order chi connectivity index (χ1) is 15.6. The van der Waals surface area contributed by atoms with Crippen molar-refractivity contribution in [1.29, 1.82) is 0 Å². The van der Waals surface area contributed by atoms with Crippen molar-refractivity contribution >= 4 is 35.6 Å². The highest BCUT2D eigenvalue weighted by molar-refractivity contribution is 7.99. The second-order valence-electron chi connectivity index (χ2n) is 8.00. The van der Waals surface area contributed by atoms with Gasteiger partial charge >= 0.3 is 5.97 Å². The number of carboxylic acids is 1. The number of carbonyl (C=O) groups excluding carboxylic acids is 1. The molecule has 1 aromatic carbocycles. The van der Waals surface area contributed by atoms with Crippen LogP contribution >= 0.6 is 11.8 Å². The maximum absolute atomic E-state index is 12.8. The first-order valence-corrected chi connectivity index (χ1v) is 12.1. The Kier molecular flexibility index (Phi) is 7.64. The second kappa shape index (κ2) is 10.8. The highest BCUT2D eigenvalue weighted by Crippen LogP contribution is 2.22. The number of hydrogen-bond donors (Lipinski definition) is 1. The predicted octanol–water partition coefficient (Wildman–Crippen LogP) is 1.65. The van der Waals surface area contributed by atoms with Crippen LogP contribution in [-0.2, 0) is 19.2 Å². The molecule has 1 amide bonds. The first-order valence-electron chi connectivity index (χ1n) is 10.9. The number of ether oxygens (including phenoxy) is 1. The molecule has 0 spiro atoms. The van der Waals surface area contributed by atoms with Crippen molar-refractivity contribution in [3.63, 3.8) is 0 Å². The van der Waals surface area contributed by atoms with E-state index in [0.717, 1.165) is 41.4 Å². The Morgan fingerprint density at radius 2 is 1.91 bits per heavy atom. The molecule has 4 rings (SSSR count). The van der Waals surface area contributed by atoms with Crippen LogP contribution in [0.25, 0.3) is 0 Å². The second-order valence-corrected chi connectivity index (χ2v) is 9.22. The molecule has 0 bridgehead atoms. The lowest BCUT2D eigenvalue weighted by atomic mass is 10.0. The van der Waals surface area contributed by atoms with Crippen LogP contribution in [0.15, 0.2) is 34.5 Å². The zero-order valence-corrected chi connectivity index (χ0v) is 18.7. The van der Waals surface area contributed by atoms with Gasteiger partial charge in [-0.3, -0.25) is 9.80 Å². The molecule has 2 fully saturated rings. The van der Waals surface area contributed by atoms with Crippen LogP contribution in [0.4, 0.5) is 0 Å². The molecule has 1 N–H and O–H groups in total. The monoisotopic (exact) mass is 460 g/mol. The number of aliphatic carboxylic acids is 1. The number of hydrogen-bond acceptors (Lipinski definition) is 8. The van der Waals surface area contributed by atoms with Gasteiger partial charge in [-0.25, -0.2) is 4.79 Å². The van der Waals surface area contributed by atoms with E-state index in [2.05, 4.69) is 15.3 Å². The summed E-state index contributed by atoms with van der Waals surface area (Å²) >= 11 is 1.96. The molecule has 3 aliphatic heterocycles. The third kappa shape index (κ3) is 6.01.